The van der Waals surface area contributed by atoms with Crippen LogP contribution in [0.25, 0.3) is 0 Å². The fraction of sp³-hybridized carbons (Fsp3) is 0.435. The SMILES string of the molecule is O=C(O)[C@H]1CCCN(CCOCCN2c3ccccc3Sc3ccc(C(F)(F)F)cc32)C1. The number of anilines is 2. The summed E-state index contributed by atoms with van der Waals surface area (Å²) in [5.74, 6) is -1.08. The van der Waals surface area contributed by atoms with E-state index in [2.05, 4.69) is 4.90 Å². The van der Waals surface area contributed by atoms with Gasteiger partial charge < -0.3 is 19.6 Å². The average Bonchev–Trinajstić information content (AvgIpc) is 2.77. The maximum absolute atomic E-state index is 13.3. The fourth-order valence-corrected chi connectivity index (χ4v) is 5.23. The third-order valence-corrected chi connectivity index (χ3v) is 6.95. The normalized spacial score (nSPS) is 18.8. The molecule has 1 atom stereocenters. The third-order valence-electron chi connectivity index (χ3n) is 5.82. The monoisotopic (exact) mass is 466 g/mol. The Labute approximate surface area is 189 Å². The van der Waals surface area contributed by atoms with Crippen molar-refractivity contribution in [3.8, 4) is 0 Å². The first kappa shape index (κ1) is 22.9. The van der Waals surface area contributed by atoms with Crippen LogP contribution in [0.1, 0.15) is 18.4 Å². The van der Waals surface area contributed by atoms with Gasteiger partial charge in [-0.1, -0.05) is 23.9 Å². The Morgan fingerprint density at radius 1 is 1.09 bits per heavy atom. The molecule has 0 bridgehead atoms. The molecule has 0 radical (unpaired) electrons. The predicted octanol–water partition coefficient (Wildman–Crippen LogP) is 5.12. The molecule has 5 nitrogen and oxygen atoms in total. The van der Waals surface area contributed by atoms with Crippen molar-refractivity contribution in [2.24, 2.45) is 5.92 Å². The van der Waals surface area contributed by atoms with E-state index in [4.69, 9.17) is 4.74 Å². The van der Waals surface area contributed by atoms with Gasteiger partial charge >= 0.3 is 12.1 Å². The number of halogens is 3. The number of ether oxygens (including phenoxy) is 1. The van der Waals surface area contributed by atoms with Gasteiger partial charge in [-0.3, -0.25) is 4.79 Å². The van der Waals surface area contributed by atoms with Crippen molar-refractivity contribution in [2.45, 2.75) is 28.8 Å². The Balaban J connectivity index is 1.39. The van der Waals surface area contributed by atoms with Crippen molar-refractivity contribution in [3.05, 3.63) is 48.0 Å². The van der Waals surface area contributed by atoms with Crippen LogP contribution in [-0.4, -0.2) is 55.4 Å². The van der Waals surface area contributed by atoms with E-state index in [-0.39, 0.29) is 5.92 Å². The summed E-state index contributed by atoms with van der Waals surface area (Å²) in [6, 6.07) is 11.5. The molecule has 0 spiro atoms. The molecule has 1 saturated heterocycles. The van der Waals surface area contributed by atoms with Gasteiger partial charge in [0.05, 0.1) is 36.1 Å². The van der Waals surface area contributed by atoms with Gasteiger partial charge in [-0.2, -0.15) is 13.2 Å². The maximum Gasteiger partial charge on any atom is 0.416 e. The number of aliphatic carboxylic acids is 1. The summed E-state index contributed by atoms with van der Waals surface area (Å²) in [6.07, 6.45) is -2.84. The van der Waals surface area contributed by atoms with Crippen LogP contribution in [0.3, 0.4) is 0 Å². The highest BCUT2D eigenvalue weighted by atomic mass is 32.2. The molecule has 172 valence electrons. The molecule has 9 heteroatoms. The van der Waals surface area contributed by atoms with Crippen LogP contribution in [-0.2, 0) is 15.7 Å². The summed E-state index contributed by atoms with van der Waals surface area (Å²) < 4.78 is 45.7. The van der Waals surface area contributed by atoms with E-state index in [0.717, 1.165) is 34.5 Å². The molecule has 2 aliphatic heterocycles. The van der Waals surface area contributed by atoms with Crippen molar-refractivity contribution in [3.63, 3.8) is 0 Å². The first-order valence-electron chi connectivity index (χ1n) is 10.6. The molecule has 0 aromatic heterocycles. The molecule has 2 aromatic carbocycles. The van der Waals surface area contributed by atoms with Crippen LogP contribution in [0.15, 0.2) is 52.3 Å². The molecule has 2 heterocycles. The molecule has 0 amide bonds. The minimum absolute atomic E-state index is 0.328. The number of fused-ring (bicyclic) bond motifs is 2. The molecule has 1 N–H and O–H groups in total. The van der Waals surface area contributed by atoms with Crippen LogP contribution in [0.2, 0.25) is 0 Å². The molecule has 2 aliphatic rings. The van der Waals surface area contributed by atoms with Gasteiger partial charge in [-0.25, -0.2) is 0 Å². The molecular formula is C23H25F3N2O3S. The summed E-state index contributed by atoms with van der Waals surface area (Å²) in [4.78, 5) is 17.0. The van der Waals surface area contributed by atoms with E-state index >= 15 is 0 Å². The van der Waals surface area contributed by atoms with Crippen molar-refractivity contribution in [1.29, 1.82) is 0 Å². The number of likely N-dealkylation sites (tertiary alicyclic amines) is 1. The third kappa shape index (κ3) is 5.22. The Bertz CT molecular complexity index is 970. The Morgan fingerprint density at radius 3 is 2.62 bits per heavy atom. The quantitative estimate of drug-likeness (QED) is 0.572. The highest BCUT2D eigenvalue weighted by Gasteiger charge is 2.33. The van der Waals surface area contributed by atoms with Crippen LogP contribution in [0, 0.1) is 5.92 Å². The number of nitrogens with zero attached hydrogens (tertiary/aromatic N) is 2. The van der Waals surface area contributed by atoms with Gasteiger partial charge in [-0.15, -0.1) is 0 Å². The zero-order valence-corrected chi connectivity index (χ0v) is 18.3. The zero-order valence-electron chi connectivity index (χ0n) is 17.5. The maximum atomic E-state index is 13.3. The minimum atomic E-state index is -4.40. The van der Waals surface area contributed by atoms with E-state index in [9.17, 15) is 23.1 Å². The zero-order chi connectivity index (χ0) is 22.7. The van der Waals surface area contributed by atoms with Crippen LogP contribution in [0.4, 0.5) is 24.5 Å². The number of hydrogen-bond donors (Lipinski definition) is 1. The number of para-hydroxylation sites is 1. The van der Waals surface area contributed by atoms with Crippen LogP contribution in [0.5, 0.6) is 0 Å². The Kier molecular flexibility index (Phi) is 6.97. The highest BCUT2D eigenvalue weighted by molar-refractivity contribution is 7.99. The summed E-state index contributed by atoms with van der Waals surface area (Å²) in [7, 11) is 0. The molecular weight excluding hydrogens is 441 g/mol. The van der Waals surface area contributed by atoms with Gasteiger partial charge in [0, 0.05) is 29.4 Å². The fourth-order valence-electron chi connectivity index (χ4n) is 4.16. The van der Waals surface area contributed by atoms with Gasteiger partial charge in [0.2, 0.25) is 0 Å². The van der Waals surface area contributed by atoms with E-state index in [1.54, 1.807) is 0 Å². The van der Waals surface area contributed by atoms with Crippen LogP contribution >= 0.6 is 11.8 Å². The number of rotatable bonds is 7. The standard InChI is InChI=1S/C23H25F3N2O3S/c24-23(25,26)17-7-8-21-19(14-17)28(18-5-1-2-6-20(18)32-21)11-13-31-12-10-27-9-3-4-16(15-27)22(29)30/h1-2,5-8,14,16H,3-4,9-13,15H2,(H,29,30)/t16-/m0/s1. The summed E-state index contributed by atoms with van der Waals surface area (Å²) >= 11 is 1.47. The number of carboxylic acids is 1. The van der Waals surface area contributed by atoms with Crippen molar-refractivity contribution in [2.75, 3.05) is 44.3 Å². The van der Waals surface area contributed by atoms with Gasteiger partial charge in [0.25, 0.3) is 0 Å². The van der Waals surface area contributed by atoms with Crippen LogP contribution < -0.4 is 4.90 Å². The number of piperidine rings is 1. The lowest BCUT2D eigenvalue weighted by Crippen LogP contribution is -2.40. The predicted molar refractivity (Wildman–Crippen MR) is 117 cm³/mol. The van der Waals surface area contributed by atoms with E-state index in [0.29, 0.717) is 45.0 Å². The smallest absolute Gasteiger partial charge is 0.416 e. The number of hydrogen-bond acceptors (Lipinski definition) is 5. The van der Waals surface area contributed by atoms with Gasteiger partial charge in [-0.05, 0) is 49.7 Å². The lowest BCUT2D eigenvalue weighted by molar-refractivity contribution is -0.143. The van der Waals surface area contributed by atoms with E-state index in [1.807, 2.05) is 29.2 Å². The molecule has 0 unspecified atom stereocenters. The van der Waals surface area contributed by atoms with Gasteiger partial charge in [0.1, 0.15) is 0 Å². The molecule has 0 aliphatic carbocycles. The Morgan fingerprint density at radius 2 is 1.84 bits per heavy atom. The summed E-state index contributed by atoms with van der Waals surface area (Å²) in [6.45, 7) is 3.26. The minimum Gasteiger partial charge on any atom is -0.481 e. The molecule has 4 rings (SSSR count). The van der Waals surface area contributed by atoms with Crippen molar-refractivity contribution >= 4 is 29.1 Å². The van der Waals surface area contributed by atoms with E-state index in [1.165, 1.54) is 23.9 Å². The molecule has 0 saturated carbocycles. The first-order chi connectivity index (χ1) is 15.3. The second-order valence-electron chi connectivity index (χ2n) is 7.99. The second kappa shape index (κ2) is 9.72. The first-order valence-corrected chi connectivity index (χ1v) is 11.4. The molecule has 32 heavy (non-hydrogen) atoms. The lowest BCUT2D eigenvalue weighted by Gasteiger charge is -2.33. The van der Waals surface area contributed by atoms with Gasteiger partial charge in [0.15, 0.2) is 0 Å². The number of alkyl halides is 3. The number of benzene rings is 2. The van der Waals surface area contributed by atoms with Crippen molar-refractivity contribution < 1.29 is 27.8 Å². The molecule has 1 fully saturated rings. The molecule has 2 aromatic rings. The summed E-state index contributed by atoms with van der Waals surface area (Å²) in [5, 5.41) is 9.20. The van der Waals surface area contributed by atoms with E-state index < -0.39 is 17.7 Å². The largest absolute Gasteiger partial charge is 0.481 e. The lowest BCUT2D eigenvalue weighted by atomic mass is 9.98. The second-order valence-corrected chi connectivity index (χ2v) is 9.08. The van der Waals surface area contributed by atoms with Crippen molar-refractivity contribution in [1.82, 2.24) is 4.90 Å². The number of carboxylic acid groups (broad SMARTS) is 1. The Hall–Kier alpha value is -2.23. The number of carbonyl (C=O) groups is 1. The highest BCUT2D eigenvalue weighted by Crippen LogP contribution is 2.49. The average molecular weight is 467 g/mol. The summed E-state index contributed by atoms with van der Waals surface area (Å²) in [5.41, 5.74) is 0.737. The topological polar surface area (TPSA) is 53.0 Å².